The summed E-state index contributed by atoms with van der Waals surface area (Å²) in [7, 11) is 0. The van der Waals surface area contributed by atoms with E-state index in [1.54, 1.807) is 6.07 Å². The lowest BCUT2D eigenvalue weighted by Gasteiger charge is -2.03. The van der Waals surface area contributed by atoms with E-state index in [-0.39, 0.29) is 11.3 Å². The van der Waals surface area contributed by atoms with Crippen LogP contribution < -0.4 is 5.32 Å². The summed E-state index contributed by atoms with van der Waals surface area (Å²) in [6.45, 7) is 0. The highest BCUT2D eigenvalue weighted by Gasteiger charge is 2.10. The number of aromatic carboxylic acids is 1. The number of hydrogen-bond donors (Lipinski definition) is 3. The van der Waals surface area contributed by atoms with E-state index >= 15 is 0 Å². The normalized spacial score (nSPS) is 9.14. The summed E-state index contributed by atoms with van der Waals surface area (Å²) in [6, 6.07) is 4.98. The fourth-order valence-electron chi connectivity index (χ4n) is 0.922. The van der Waals surface area contributed by atoms with Gasteiger partial charge in [0.2, 0.25) is 0 Å². The zero-order chi connectivity index (χ0) is 10.6. The molecule has 0 aliphatic heterocycles. The van der Waals surface area contributed by atoms with Gasteiger partial charge in [-0.05, 0) is 12.1 Å². The van der Waals surface area contributed by atoms with E-state index in [9.17, 15) is 9.59 Å². The van der Waals surface area contributed by atoms with Crippen molar-refractivity contribution < 1.29 is 14.7 Å². The first-order valence-electron chi connectivity index (χ1n) is 3.66. The van der Waals surface area contributed by atoms with E-state index in [1.165, 1.54) is 18.2 Å². The molecule has 0 aliphatic rings. The van der Waals surface area contributed by atoms with Crippen LogP contribution in [0, 0.1) is 5.53 Å². The van der Waals surface area contributed by atoms with Gasteiger partial charge >= 0.3 is 12.0 Å². The Bertz CT molecular complexity index is 389. The Morgan fingerprint density at radius 1 is 1.36 bits per heavy atom. The van der Waals surface area contributed by atoms with Gasteiger partial charge < -0.3 is 10.4 Å². The fourth-order valence-corrected chi connectivity index (χ4v) is 0.922. The molecule has 0 saturated heterocycles. The van der Waals surface area contributed by atoms with E-state index in [4.69, 9.17) is 10.6 Å². The number of para-hydroxylation sites is 1. The SMILES string of the molecule is N=NC(=O)Nc1ccccc1C(=O)O. The van der Waals surface area contributed by atoms with Crippen molar-refractivity contribution in [2.24, 2.45) is 5.11 Å². The topological polar surface area (TPSA) is 103 Å². The number of hydrogen-bond acceptors (Lipinski definition) is 3. The number of carboxylic acids is 1. The van der Waals surface area contributed by atoms with Crippen LogP contribution in [0.5, 0.6) is 0 Å². The van der Waals surface area contributed by atoms with Crippen LogP contribution >= 0.6 is 0 Å². The highest BCUT2D eigenvalue weighted by Crippen LogP contribution is 2.14. The molecule has 72 valence electrons. The third-order valence-electron chi connectivity index (χ3n) is 1.50. The minimum atomic E-state index is -1.15. The van der Waals surface area contributed by atoms with Gasteiger partial charge in [-0.15, -0.1) is 0 Å². The Labute approximate surface area is 79.1 Å². The number of carbonyl (C=O) groups is 2. The average molecular weight is 193 g/mol. The number of rotatable bonds is 2. The lowest BCUT2D eigenvalue weighted by molar-refractivity contribution is 0.0698. The Morgan fingerprint density at radius 3 is 2.57 bits per heavy atom. The third kappa shape index (κ3) is 2.13. The molecule has 1 aromatic carbocycles. The molecule has 0 heterocycles. The number of nitrogens with zero attached hydrogens (tertiary/aromatic N) is 1. The largest absolute Gasteiger partial charge is 0.478 e. The number of amides is 2. The highest BCUT2D eigenvalue weighted by molar-refractivity contribution is 5.99. The summed E-state index contributed by atoms with van der Waals surface area (Å²) >= 11 is 0. The summed E-state index contributed by atoms with van der Waals surface area (Å²) in [4.78, 5) is 21.4. The molecule has 0 bridgehead atoms. The number of anilines is 1. The monoisotopic (exact) mass is 193 g/mol. The molecule has 1 rings (SSSR count). The molecule has 0 saturated carbocycles. The Hall–Kier alpha value is -2.24. The standard InChI is InChI=1S/C8H7N3O3/c9-11-8(14)10-6-4-2-1-3-5(6)7(12)13/h1-4,9H,(H,10,14)(H,12,13). The number of carboxylic acid groups (broad SMARTS) is 1. The molecule has 0 aromatic heterocycles. The Kier molecular flexibility index (Phi) is 2.90. The predicted octanol–water partition coefficient (Wildman–Crippen LogP) is 1.95. The van der Waals surface area contributed by atoms with Crippen molar-refractivity contribution >= 4 is 17.7 Å². The second-order valence-corrected chi connectivity index (χ2v) is 2.39. The van der Waals surface area contributed by atoms with Crippen LogP contribution in [0.4, 0.5) is 10.5 Å². The summed E-state index contributed by atoms with van der Waals surface area (Å²) < 4.78 is 0. The summed E-state index contributed by atoms with van der Waals surface area (Å²) in [5, 5.41) is 13.5. The first-order valence-corrected chi connectivity index (χ1v) is 3.66. The van der Waals surface area contributed by atoms with E-state index in [1.807, 2.05) is 0 Å². The Balaban J connectivity index is 3.01. The van der Waals surface area contributed by atoms with Gasteiger partial charge in [0.05, 0.1) is 11.3 Å². The zero-order valence-corrected chi connectivity index (χ0v) is 7.02. The number of benzene rings is 1. The van der Waals surface area contributed by atoms with Crippen LogP contribution in [0.2, 0.25) is 0 Å². The zero-order valence-electron chi connectivity index (χ0n) is 7.02. The maximum absolute atomic E-state index is 10.7. The molecule has 6 nitrogen and oxygen atoms in total. The van der Waals surface area contributed by atoms with Gasteiger partial charge in [0, 0.05) is 0 Å². The van der Waals surface area contributed by atoms with Crippen LogP contribution in [0.25, 0.3) is 0 Å². The van der Waals surface area contributed by atoms with E-state index < -0.39 is 12.0 Å². The van der Waals surface area contributed by atoms with Crippen LogP contribution in [0.1, 0.15) is 10.4 Å². The van der Waals surface area contributed by atoms with Crippen molar-refractivity contribution in [2.75, 3.05) is 5.32 Å². The van der Waals surface area contributed by atoms with Crippen LogP contribution in [0.15, 0.2) is 29.4 Å². The van der Waals surface area contributed by atoms with Gasteiger partial charge in [-0.3, -0.25) is 0 Å². The molecular formula is C8H7N3O3. The molecule has 6 heteroatoms. The quantitative estimate of drug-likeness (QED) is 0.625. The van der Waals surface area contributed by atoms with Crippen molar-refractivity contribution in [1.82, 2.24) is 0 Å². The number of urea groups is 1. The fraction of sp³-hybridized carbons (Fsp3) is 0. The average Bonchev–Trinajstić information content (AvgIpc) is 2.18. The smallest absolute Gasteiger partial charge is 0.363 e. The summed E-state index contributed by atoms with van der Waals surface area (Å²) in [5.74, 6) is -1.15. The first kappa shape index (κ1) is 9.85. The molecule has 3 N–H and O–H groups in total. The maximum Gasteiger partial charge on any atom is 0.363 e. The molecule has 0 fully saturated rings. The number of carbonyl (C=O) groups excluding carboxylic acids is 1. The maximum atomic E-state index is 10.7. The highest BCUT2D eigenvalue weighted by atomic mass is 16.4. The van der Waals surface area contributed by atoms with E-state index in [0.29, 0.717) is 0 Å². The molecule has 2 amide bonds. The molecule has 0 aliphatic carbocycles. The van der Waals surface area contributed by atoms with Gasteiger partial charge in [-0.1, -0.05) is 17.2 Å². The van der Waals surface area contributed by atoms with Crippen LogP contribution in [-0.4, -0.2) is 17.1 Å². The Morgan fingerprint density at radius 2 is 2.00 bits per heavy atom. The molecule has 0 atom stereocenters. The van der Waals surface area contributed by atoms with Crippen molar-refractivity contribution in [2.45, 2.75) is 0 Å². The van der Waals surface area contributed by atoms with Crippen LogP contribution in [0.3, 0.4) is 0 Å². The van der Waals surface area contributed by atoms with Crippen LogP contribution in [-0.2, 0) is 0 Å². The number of nitrogens with one attached hydrogen (secondary N) is 2. The van der Waals surface area contributed by atoms with Crippen molar-refractivity contribution in [3.05, 3.63) is 29.8 Å². The van der Waals surface area contributed by atoms with Crippen molar-refractivity contribution in [3.8, 4) is 0 Å². The molecule has 0 unspecified atom stereocenters. The van der Waals surface area contributed by atoms with Gasteiger partial charge in [0.15, 0.2) is 0 Å². The molecule has 1 aromatic rings. The third-order valence-corrected chi connectivity index (χ3v) is 1.50. The van der Waals surface area contributed by atoms with Crippen molar-refractivity contribution in [1.29, 1.82) is 5.53 Å². The van der Waals surface area contributed by atoms with E-state index in [2.05, 4.69) is 10.4 Å². The minimum absolute atomic E-state index is 0.0375. The summed E-state index contributed by atoms with van der Waals surface area (Å²) in [5.41, 5.74) is 6.49. The molecule has 14 heavy (non-hydrogen) atoms. The lowest BCUT2D eigenvalue weighted by Crippen LogP contribution is -2.09. The molecule has 0 radical (unpaired) electrons. The molecule has 0 spiro atoms. The summed E-state index contributed by atoms with van der Waals surface area (Å²) in [6.07, 6.45) is 0. The molecular weight excluding hydrogens is 186 g/mol. The van der Waals surface area contributed by atoms with Gasteiger partial charge in [-0.25, -0.2) is 9.59 Å². The van der Waals surface area contributed by atoms with Gasteiger partial charge in [0.1, 0.15) is 0 Å². The lowest BCUT2D eigenvalue weighted by atomic mass is 10.2. The minimum Gasteiger partial charge on any atom is -0.478 e. The van der Waals surface area contributed by atoms with Gasteiger partial charge in [-0.2, -0.15) is 5.53 Å². The predicted molar refractivity (Wildman–Crippen MR) is 47.6 cm³/mol. The van der Waals surface area contributed by atoms with Crippen molar-refractivity contribution in [3.63, 3.8) is 0 Å². The second-order valence-electron chi connectivity index (χ2n) is 2.39. The van der Waals surface area contributed by atoms with E-state index in [0.717, 1.165) is 0 Å². The second kappa shape index (κ2) is 4.13. The van der Waals surface area contributed by atoms with Gasteiger partial charge in [0.25, 0.3) is 0 Å². The first-order chi connectivity index (χ1) is 6.65.